The van der Waals surface area contributed by atoms with E-state index in [0.717, 1.165) is 32.5 Å². The first-order valence-corrected chi connectivity index (χ1v) is 5.25. The lowest BCUT2D eigenvalue weighted by Gasteiger charge is -2.17. The van der Waals surface area contributed by atoms with Gasteiger partial charge in [0.2, 0.25) is 0 Å². The Kier molecular flexibility index (Phi) is 7.29. The molecule has 0 aromatic rings. The molecular weight excluding hydrogens is 164 g/mol. The summed E-state index contributed by atoms with van der Waals surface area (Å²) in [6, 6.07) is 0. The highest BCUT2D eigenvalue weighted by Gasteiger charge is 2.09. The van der Waals surface area contributed by atoms with Crippen molar-refractivity contribution in [3.05, 3.63) is 0 Å². The summed E-state index contributed by atoms with van der Waals surface area (Å²) in [5.74, 6) is 0. The van der Waals surface area contributed by atoms with E-state index in [1.54, 1.807) is 0 Å². The van der Waals surface area contributed by atoms with Crippen LogP contribution in [-0.4, -0.2) is 24.9 Å². The van der Waals surface area contributed by atoms with Crippen LogP contribution < -0.4 is 0 Å². The number of ether oxygens (including phenoxy) is 1. The van der Waals surface area contributed by atoms with Gasteiger partial charge in [-0.05, 0) is 18.3 Å². The summed E-state index contributed by atoms with van der Waals surface area (Å²) in [5.41, 5.74) is 0.283. The molecular formula is C11H24O2. The first-order chi connectivity index (χ1) is 6.06. The summed E-state index contributed by atoms with van der Waals surface area (Å²) in [6.07, 6.45) is 4.34. The second-order valence-corrected chi connectivity index (χ2v) is 4.75. The molecule has 0 rings (SSSR count). The molecule has 0 atom stereocenters. The lowest BCUT2D eigenvalue weighted by Crippen LogP contribution is -2.14. The maximum atomic E-state index is 8.54. The average Bonchev–Trinajstić information content (AvgIpc) is 2.01. The fraction of sp³-hybridized carbons (Fsp3) is 1.00. The molecule has 1 N–H and O–H groups in total. The van der Waals surface area contributed by atoms with Crippen LogP contribution in [0.25, 0.3) is 0 Å². The number of hydrogen-bond acceptors (Lipinski definition) is 2. The van der Waals surface area contributed by atoms with Crippen LogP contribution in [0.3, 0.4) is 0 Å². The summed E-state index contributed by atoms with van der Waals surface area (Å²) in [4.78, 5) is 0. The van der Waals surface area contributed by atoms with Crippen LogP contribution in [0.2, 0.25) is 0 Å². The van der Waals surface area contributed by atoms with Crippen LogP contribution in [0.1, 0.15) is 46.5 Å². The van der Waals surface area contributed by atoms with Crippen molar-refractivity contribution in [1.29, 1.82) is 0 Å². The van der Waals surface area contributed by atoms with Crippen molar-refractivity contribution in [1.82, 2.24) is 0 Å². The minimum atomic E-state index is 0.283. The molecule has 0 fully saturated rings. The van der Waals surface area contributed by atoms with Crippen molar-refractivity contribution in [2.24, 2.45) is 5.41 Å². The number of aliphatic hydroxyl groups is 1. The van der Waals surface area contributed by atoms with E-state index in [1.165, 1.54) is 6.42 Å². The Bertz CT molecular complexity index is 105. The fourth-order valence-electron chi connectivity index (χ4n) is 1.05. The fourth-order valence-corrected chi connectivity index (χ4v) is 1.05. The Hall–Kier alpha value is -0.0800. The van der Waals surface area contributed by atoms with E-state index in [1.807, 2.05) is 0 Å². The Morgan fingerprint density at radius 2 is 1.62 bits per heavy atom. The van der Waals surface area contributed by atoms with E-state index >= 15 is 0 Å². The van der Waals surface area contributed by atoms with Gasteiger partial charge in [0.15, 0.2) is 0 Å². The van der Waals surface area contributed by atoms with Gasteiger partial charge in [-0.15, -0.1) is 0 Å². The van der Waals surface area contributed by atoms with Crippen molar-refractivity contribution in [2.75, 3.05) is 19.8 Å². The van der Waals surface area contributed by atoms with Crippen LogP contribution in [0.4, 0.5) is 0 Å². The number of aliphatic hydroxyl groups excluding tert-OH is 1. The smallest absolute Gasteiger partial charge is 0.0514 e. The number of unbranched alkanes of at least 4 members (excludes halogenated alkanes) is 3. The van der Waals surface area contributed by atoms with E-state index in [-0.39, 0.29) is 5.41 Å². The van der Waals surface area contributed by atoms with E-state index < -0.39 is 0 Å². The van der Waals surface area contributed by atoms with E-state index in [0.29, 0.717) is 6.61 Å². The van der Waals surface area contributed by atoms with Gasteiger partial charge in [0.1, 0.15) is 0 Å². The molecule has 2 heteroatoms. The quantitative estimate of drug-likeness (QED) is 0.622. The molecule has 0 saturated heterocycles. The first kappa shape index (κ1) is 12.9. The van der Waals surface area contributed by atoms with Crippen molar-refractivity contribution < 1.29 is 9.84 Å². The van der Waals surface area contributed by atoms with Crippen molar-refractivity contribution in [3.8, 4) is 0 Å². The molecule has 0 radical (unpaired) electrons. The lowest BCUT2D eigenvalue weighted by molar-refractivity contribution is 0.0684. The largest absolute Gasteiger partial charge is 0.396 e. The topological polar surface area (TPSA) is 29.5 Å². The van der Waals surface area contributed by atoms with Crippen LogP contribution in [0.5, 0.6) is 0 Å². The lowest BCUT2D eigenvalue weighted by atomic mass is 9.99. The molecule has 80 valence electrons. The molecule has 13 heavy (non-hydrogen) atoms. The zero-order valence-electron chi connectivity index (χ0n) is 9.31. The normalized spacial score (nSPS) is 12.0. The second-order valence-electron chi connectivity index (χ2n) is 4.75. The number of rotatable bonds is 7. The average molecular weight is 188 g/mol. The predicted octanol–water partition coefficient (Wildman–Crippen LogP) is 2.60. The molecule has 0 bridgehead atoms. The molecule has 0 unspecified atom stereocenters. The van der Waals surface area contributed by atoms with Gasteiger partial charge in [0.25, 0.3) is 0 Å². The molecule has 0 aromatic carbocycles. The molecule has 0 aliphatic carbocycles. The molecule has 0 spiro atoms. The highest BCUT2D eigenvalue weighted by atomic mass is 16.5. The maximum Gasteiger partial charge on any atom is 0.0514 e. The van der Waals surface area contributed by atoms with Crippen LogP contribution in [0, 0.1) is 5.41 Å². The van der Waals surface area contributed by atoms with Crippen molar-refractivity contribution in [2.45, 2.75) is 46.5 Å². The highest BCUT2D eigenvalue weighted by Crippen LogP contribution is 2.13. The van der Waals surface area contributed by atoms with Gasteiger partial charge in [-0.2, -0.15) is 0 Å². The van der Waals surface area contributed by atoms with Crippen LogP contribution in [-0.2, 0) is 4.74 Å². The summed E-state index contributed by atoms with van der Waals surface area (Å²) in [7, 11) is 0. The summed E-state index contributed by atoms with van der Waals surface area (Å²) >= 11 is 0. The predicted molar refractivity (Wildman–Crippen MR) is 55.8 cm³/mol. The summed E-state index contributed by atoms with van der Waals surface area (Å²) in [6.45, 7) is 8.56. The Balaban J connectivity index is 3.00. The Morgan fingerprint density at radius 3 is 2.15 bits per heavy atom. The third-order valence-corrected chi connectivity index (χ3v) is 1.73. The third-order valence-electron chi connectivity index (χ3n) is 1.73. The zero-order chi connectivity index (χ0) is 10.2. The summed E-state index contributed by atoms with van der Waals surface area (Å²) in [5, 5.41) is 8.54. The first-order valence-electron chi connectivity index (χ1n) is 5.25. The maximum absolute atomic E-state index is 8.54. The minimum absolute atomic E-state index is 0.283. The van der Waals surface area contributed by atoms with E-state index in [2.05, 4.69) is 20.8 Å². The van der Waals surface area contributed by atoms with Crippen LogP contribution in [0.15, 0.2) is 0 Å². The van der Waals surface area contributed by atoms with Gasteiger partial charge in [0, 0.05) is 13.2 Å². The van der Waals surface area contributed by atoms with Gasteiger partial charge in [-0.1, -0.05) is 33.6 Å². The molecule has 0 heterocycles. The summed E-state index contributed by atoms with van der Waals surface area (Å²) < 4.78 is 5.52. The highest BCUT2D eigenvalue weighted by molar-refractivity contribution is 4.58. The van der Waals surface area contributed by atoms with Gasteiger partial charge in [0.05, 0.1) is 6.61 Å². The van der Waals surface area contributed by atoms with E-state index in [9.17, 15) is 0 Å². The molecule has 0 saturated carbocycles. The van der Waals surface area contributed by atoms with E-state index in [4.69, 9.17) is 9.84 Å². The number of hydrogen-bond donors (Lipinski definition) is 1. The van der Waals surface area contributed by atoms with Crippen molar-refractivity contribution >= 4 is 0 Å². The van der Waals surface area contributed by atoms with Crippen molar-refractivity contribution in [3.63, 3.8) is 0 Å². The molecule has 2 nitrogen and oxygen atoms in total. The minimum Gasteiger partial charge on any atom is -0.396 e. The van der Waals surface area contributed by atoms with Gasteiger partial charge < -0.3 is 9.84 Å². The SMILES string of the molecule is CC(C)(C)COCCCCCCO. The van der Waals surface area contributed by atoms with Crippen LogP contribution >= 0.6 is 0 Å². The standard InChI is InChI=1S/C11H24O2/c1-11(2,3)10-13-9-7-5-4-6-8-12/h12H,4-10H2,1-3H3. The van der Waals surface area contributed by atoms with Gasteiger partial charge >= 0.3 is 0 Å². The molecule has 0 aliphatic rings. The molecule has 0 amide bonds. The Morgan fingerprint density at radius 1 is 1.00 bits per heavy atom. The molecule has 0 aliphatic heterocycles. The third kappa shape index (κ3) is 11.9. The monoisotopic (exact) mass is 188 g/mol. The van der Waals surface area contributed by atoms with Gasteiger partial charge in [-0.3, -0.25) is 0 Å². The Labute approximate surface area is 82.3 Å². The second kappa shape index (κ2) is 7.34. The van der Waals surface area contributed by atoms with Gasteiger partial charge in [-0.25, -0.2) is 0 Å². The zero-order valence-corrected chi connectivity index (χ0v) is 9.31. The molecule has 0 aromatic heterocycles.